The van der Waals surface area contributed by atoms with Gasteiger partial charge in [-0.25, -0.2) is 0 Å². The second kappa shape index (κ2) is 97.6. The number of rotatable bonds is 100. The van der Waals surface area contributed by atoms with Crippen LogP contribution in [0.15, 0.2) is 0 Å². The molecule has 0 aliphatic heterocycles. The van der Waals surface area contributed by atoms with Crippen LogP contribution >= 0.6 is 0 Å². The van der Waals surface area contributed by atoms with Crippen molar-refractivity contribution < 1.29 is 162 Å². The van der Waals surface area contributed by atoms with E-state index in [0.29, 0.717) is 303 Å². The Balaban J connectivity index is 4.57. The molecule has 42 nitrogen and oxygen atoms in total. The monoisotopic (exact) mass is 1800 g/mol. The highest BCUT2D eigenvalue weighted by atomic mass is 16.6. The lowest BCUT2D eigenvalue weighted by atomic mass is 9.86. The quantitative estimate of drug-likeness (QED) is 0.0214. The fraction of sp³-hybridized carbons (Fsp3) is 0.807. The third-order valence-electron chi connectivity index (χ3n) is 15.8. The SMILES string of the molecule is C#CC(=O)NCCOCCCC(=O)NCC(CNC(=O)CCCOCCNC(=O)C#C)(CNC(=O)CCOCCOCCOCCOCCOCCOCCOCCOCCOCCOCCOCCOCCNC(=O)C#C)CNC(=O)CCOCCOCCOCCOCCOCCOCCOCCOCCOCCOCCOCCOCCNC(=O)C#C. The van der Waals surface area contributed by atoms with Gasteiger partial charge in [-0.05, 0) is 36.5 Å². The fourth-order valence-corrected chi connectivity index (χ4v) is 9.27. The summed E-state index contributed by atoms with van der Waals surface area (Å²) in [6.07, 6.45) is 20.8. The first-order valence-electron chi connectivity index (χ1n) is 42.5. The van der Waals surface area contributed by atoms with Crippen molar-refractivity contribution >= 4 is 47.3 Å². The topological polar surface area (TPSA) is 473 Å². The molecule has 0 saturated heterocycles. The van der Waals surface area contributed by atoms with E-state index in [9.17, 15) is 38.4 Å². The zero-order valence-corrected chi connectivity index (χ0v) is 73.4. The van der Waals surface area contributed by atoms with E-state index in [2.05, 4.69) is 42.5 Å². The Morgan fingerprint density at radius 3 is 0.448 bits per heavy atom. The van der Waals surface area contributed by atoms with Crippen LogP contribution in [0.2, 0.25) is 0 Å². The molecule has 0 spiro atoms. The van der Waals surface area contributed by atoms with E-state index in [4.69, 9.17) is 149 Å². The maximum atomic E-state index is 13.4. The van der Waals surface area contributed by atoms with Crippen molar-refractivity contribution in [2.45, 2.75) is 38.5 Å². The minimum Gasteiger partial charge on any atom is -0.380 e. The number of nitrogens with one attached hydrogen (secondary N) is 8. The Hall–Kier alpha value is -7.04. The van der Waals surface area contributed by atoms with Gasteiger partial charge in [0, 0.05) is 96.7 Å². The van der Waals surface area contributed by atoms with E-state index in [-0.39, 0.29) is 143 Å². The molecule has 8 N–H and O–H groups in total. The van der Waals surface area contributed by atoms with Gasteiger partial charge in [0.1, 0.15) is 0 Å². The molecule has 42 heteroatoms. The molecule has 125 heavy (non-hydrogen) atoms. The van der Waals surface area contributed by atoms with E-state index >= 15 is 0 Å². The van der Waals surface area contributed by atoms with Crippen LogP contribution in [0, 0.1) is 54.8 Å². The fourth-order valence-electron chi connectivity index (χ4n) is 9.27. The number of hydrogen-bond acceptors (Lipinski definition) is 34. The summed E-state index contributed by atoms with van der Waals surface area (Å²) in [6.45, 7) is 19.6. The van der Waals surface area contributed by atoms with Crippen LogP contribution in [0.1, 0.15) is 38.5 Å². The van der Waals surface area contributed by atoms with Crippen molar-refractivity contribution in [2.75, 3.05) is 396 Å². The average molecular weight is 1800 g/mol. The predicted octanol–water partition coefficient (Wildman–Crippen LogP) is -3.79. The van der Waals surface area contributed by atoms with Gasteiger partial charge in [-0.1, -0.05) is 0 Å². The number of ether oxygens (including phenoxy) is 26. The van der Waals surface area contributed by atoms with E-state index in [0.717, 1.165) is 0 Å². The lowest BCUT2D eigenvalue weighted by Crippen LogP contribution is -2.57. The van der Waals surface area contributed by atoms with Gasteiger partial charge in [0.2, 0.25) is 23.6 Å². The molecule has 0 radical (unpaired) electrons. The average Bonchev–Trinajstić information content (AvgIpc) is 0.851. The molecule has 0 aromatic rings. The first kappa shape index (κ1) is 118. The molecule has 0 unspecified atom stereocenters. The van der Waals surface area contributed by atoms with Gasteiger partial charge >= 0.3 is 0 Å². The highest BCUT2D eigenvalue weighted by molar-refractivity contribution is 5.94. The predicted molar refractivity (Wildman–Crippen MR) is 451 cm³/mol. The Labute approximate surface area is 737 Å². The summed E-state index contributed by atoms with van der Waals surface area (Å²) in [5.41, 5.74) is -1.16. The number of amides is 8. The van der Waals surface area contributed by atoms with Crippen LogP contribution in [0.3, 0.4) is 0 Å². The van der Waals surface area contributed by atoms with Crippen LogP contribution in [0.4, 0.5) is 0 Å². The molecule has 0 atom stereocenters. The number of carbonyl (C=O) groups excluding carboxylic acids is 8. The first-order valence-corrected chi connectivity index (χ1v) is 42.5. The smallest absolute Gasteiger partial charge is 0.295 e. The van der Waals surface area contributed by atoms with Gasteiger partial charge in [-0.2, -0.15) is 0 Å². The van der Waals surface area contributed by atoms with E-state index < -0.39 is 40.9 Å². The van der Waals surface area contributed by atoms with Crippen LogP contribution in [0.5, 0.6) is 0 Å². The molecule has 0 bridgehead atoms. The zero-order chi connectivity index (χ0) is 90.7. The lowest BCUT2D eigenvalue weighted by molar-refractivity contribution is -0.123. The Bertz CT molecular complexity index is 2560. The molecule has 0 aromatic heterocycles. The van der Waals surface area contributed by atoms with Crippen LogP contribution in [0.25, 0.3) is 0 Å². The van der Waals surface area contributed by atoms with E-state index in [1.807, 2.05) is 23.7 Å². The van der Waals surface area contributed by atoms with Gasteiger partial charge < -0.3 is 166 Å². The molecule has 0 aliphatic rings. The maximum absolute atomic E-state index is 13.4. The van der Waals surface area contributed by atoms with Gasteiger partial charge in [-0.3, -0.25) is 38.4 Å². The maximum Gasteiger partial charge on any atom is 0.295 e. The molecule has 0 heterocycles. The Kier molecular flexibility index (Phi) is 92.1. The zero-order valence-electron chi connectivity index (χ0n) is 73.4. The third kappa shape index (κ3) is 92.9. The first-order chi connectivity index (χ1) is 61.4. The molecule has 0 fully saturated rings. The highest BCUT2D eigenvalue weighted by Gasteiger charge is 2.33. The standard InChI is InChI=1S/C83H144N8O34/c1-5-75(92)84-15-23-100-19-9-11-79(96)88-71-83(72-89-80(97)12-10-20-101-24-16-85-76(93)6-2,73-90-81(98)13-21-102-27-31-106-35-39-110-43-47-114-51-55-118-59-63-122-67-69-124-65-61-120-57-53-116-49-45-112-41-37-108-33-29-104-25-17-86-77(94)7-3)74-91-82(99)14-22-103-28-32-107-36-40-111-44-48-115-52-56-119-60-64-123-68-70-125-66-62-121-58-54-117-50-46-113-42-38-109-34-30-105-26-18-87-78(95)8-4/h1-4H,9-74H2,(H,84,92)(H,85,93)(H,86,94)(H,87,95)(H,88,96)(H,89,97)(H,90,98)(H,91,99). The summed E-state index contributed by atoms with van der Waals surface area (Å²) in [5, 5.41) is 21.6. The van der Waals surface area contributed by atoms with Gasteiger partial charge in [-0.15, -0.1) is 25.7 Å². The Morgan fingerprint density at radius 2 is 0.296 bits per heavy atom. The Morgan fingerprint density at radius 1 is 0.168 bits per heavy atom. The van der Waals surface area contributed by atoms with Crippen molar-refractivity contribution in [2.24, 2.45) is 5.41 Å². The summed E-state index contributed by atoms with van der Waals surface area (Å²) in [6, 6.07) is 0. The van der Waals surface area contributed by atoms with E-state index in [1.165, 1.54) is 0 Å². The van der Waals surface area contributed by atoms with Crippen molar-refractivity contribution in [3.05, 3.63) is 0 Å². The van der Waals surface area contributed by atoms with Crippen molar-refractivity contribution in [1.29, 1.82) is 0 Å². The lowest BCUT2D eigenvalue weighted by Gasteiger charge is -2.35. The minimum absolute atomic E-state index is 0.0380. The number of terminal acetylenes is 4. The molecule has 0 rings (SSSR count). The largest absolute Gasteiger partial charge is 0.380 e. The molecular weight excluding hydrogens is 1650 g/mol. The van der Waals surface area contributed by atoms with Crippen LogP contribution < -0.4 is 42.5 Å². The second-order valence-electron chi connectivity index (χ2n) is 25.8. The van der Waals surface area contributed by atoms with Gasteiger partial charge in [0.25, 0.3) is 23.6 Å². The number of carbonyl (C=O) groups is 8. The summed E-state index contributed by atoms with van der Waals surface area (Å²) in [4.78, 5) is 98.0. The van der Waals surface area contributed by atoms with Crippen molar-refractivity contribution in [3.8, 4) is 49.4 Å². The van der Waals surface area contributed by atoms with Crippen molar-refractivity contribution in [3.63, 3.8) is 0 Å². The summed E-state index contributed by atoms with van der Waals surface area (Å²) in [7, 11) is 0. The van der Waals surface area contributed by atoms with Gasteiger partial charge in [0.05, 0.1) is 330 Å². The second-order valence-corrected chi connectivity index (χ2v) is 25.8. The highest BCUT2D eigenvalue weighted by Crippen LogP contribution is 2.15. The van der Waals surface area contributed by atoms with Gasteiger partial charge in [0.15, 0.2) is 0 Å². The molecule has 0 aliphatic carbocycles. The molecule has 0 aromatic carbocycles. The third-order valence-corrected chi connectivity index (χ3v) is 15.8. The molecule has 0 saturated carbocycles. The molecular formula is C83H144N8O34. The van der Waals surface area contributed by atoms with Crippen LogP contribution in [-0.2, 0) is 162 Å². The molecule has 720 valence electrons. The summed E-state index contributed by atoms with van der Waals surface area (Å²) in [5.74, 6) is 4.26. The van der Waals surface area contributed by atoms with Crippen molar-refractivity contribution in [1.82, 2.24) is 42.5 Å². The number of hydrogen-bond donors (Lipinski definition) is 8. The normalized spacial score (nSPS) is 11.2. The summed E-state index contributed by atoms with van der Waals surface area (Å²) >= 11 is 0. The van der Waals surface area contributed by atoms with Crippen LogP contribution in [-0.4, -0.2) is 443 Å². The van der Waals surface area contributed by atoms with E-state index in [1.54, 1.807) is 0 Å². The minimum atomic E-state index is -1.16. The summed E-state index contributed by atoms with van der Waals surface area (Å²) < 4.78 is 144. The molecule has 8 amide bonds.